The monoisotopic (exact) mass is 766 g/mol. The van der Waals surface area contributed by atoms with E-state index in [4.69, 9.17) is 15.0 Å². The molecule has 12 aromatic rings. The van der Waals surface area contributed by atoms with Crippen molar-refractivity contribution in [2.24, 2.45) is 0 Å². The van der Waals surface area contributed by atoms with Gasteiger partial charge in [-0.1, -0.05) is 140 Å². The Morgan fingerprint density at radius 1 is 0.350 bits per heavy atom. The highest BCUT2D eigenvalue weighted by Gasteiger charge is 2.19. The van der Waals surface area contributed by atoms with Crippen LogP contribution in [0.1, 0.15) is 0 Å². The van der Waals surface area contributed by atoms with Crippen LogP contribution in [0.4, 0.5) is 0 Å². The Bertz CT molecular complexity index is 3530. The van der Waals surface area contributed by atoms with Crippen LogP contribution in [0.25, 0.3) is 111 Å². The molecule has 4 aromatic heterocycles. The van der Waals surface area contributed by atoms with Crippen molar-refractivity contribution >= 4 is 54.4 Å². The molecule has 6 heteroatoms. The van der Waals surface area contributed by atoms with Gasteiger partial charge >= 0.3 is 0 Å². The number of hydrogen-bond donors (Lipinski definition) is 0. The van der Waals surface area contributed by atoms with Gasteiger partial charge in [0, 0.05) is 44.6 Å². The Morgan fingerprint density at radius 2 is 0.950 bits per heavy atom. The number of aromatic nitrogens is 6. The zero-order valence-electron chi connectivity index (χ0n) is 32.3. The fourth-order valence-corrected chi connectivity index (χ4v) is 8.87. The van der Waals surface area contributed by atoms with Gasteiger partial charge in [-0.25, -0.2) is 4.98 Å². The minimum atomic E-state index is 0.583. The summed E-state index contributed by atoms with van der Waals surface area (Å²) >= 11 is 0. The van der Waals surface area contributed by atoms with Crippen molar-refractivity contribution in [3.63, 3.8) is 0 Å². The predicted molar refractivity (Wildman–Crippen MR) is 246 cm³/mol. The molecule has 0 saturated heterocycles. The molecule has 0 saturated carbocycles. The Kier molecular flexibility index (Phi) is 7.74. The smallest absolute Gasteiger partial charge is 0.238 e. The molecule has 0 amide bonds. The second-order valence-corrected chi connectivity index (χ2v) is 15.1. The Morgan fingerprint density at radius 3 is 1.70 bits per heavy atom. The van der Waals surface area contributed by atoms with E-state index in [-0.39, 0.29) is 0 Å². The summed E-state index contributed by atoms with van der Waals surface area (Å²) in [6.07, 6.45) is 3.86. The maximum absolute atomic E-state index is 5.10. The second kappa shape index (κ2) is 13.7. The number of nitrogens with zero attached hydrogens (tertiary/aromatic N) is 6. The first kappa shape index (κ1) is 33.9. The van der Waals surface area contributed by atoms with Crippen LogP contribution < -0.4 is 0 Å². The highest BCUT2D eigenvalue weighted by molar-refractivity contribution is 6.16. The summed E-state index contributed by atoms with van der Waals surface area (Å²) in [5.41, 5.74) is 12.0. The third-order valence-corrected chi connectivity index (χ3v) is 11.7. The fraction of sp³-hybridized carbons (Fsp3) is 0. The maximum atomic E-state index is 5.10. The average Bonchev–Trinajstić information content (AvgIpc) is 3.85. The van der Waals surface area contributed by atoms with Crippen molar-refractivity contribution in [1.29, 1.82) is 0 Å². The molecular weight excluding hydrogens is 733 g/mol. The Balaban J connectivity index is 0.964. The molecule has 0 aliphatic heterocycles. The van der Waals surface area contributed by atoms with E-state index in [0.29, 0.717) is 17.6 Å². The first-order valence-corrected chi connectivity index (χ1v) is 20.1. The largest absolute Gasteiger partial charge is 0.308 e. The highest BCUT2D eigenvalue weighted by atomic mass is 15.2. The van der Waals surface area contributed by atoms with E-state index < -0.39 is 0 Å². The molecule has 6 nitrogen and oxygen atoms in total. The van der Waals surface area contributed by atoms with Gasteiger partial charge < -0.3 is 4.57 Å². The number of rotatable bonds is 6. The van der Waals surface area contributed by atoms with Gasteiger partial charge in [0.2, 0.25) is 5.95 Å². The van der Waals surface area contributed by atoms with Gasteiger partial charge in [-0.2, -0.15) is 9.97 Å². The number of para-hydroxylation sites is 2. The van der Waals surface area contributed by atoms with Gasteiger partial charge in [0.05, 0.1) is 28.3 Å². The van der Waals surface area contributed by atoms with Crippen molar-refractivity contribution < 1.29 is 0 Å². The Hall–Kier alpha value is -8.22. The van der Waals surface area contributed by atoms with Crippen LogP contribution in [0.2, 0.25) is 0 Å². The summed E-state index contributed by atoms with van der Waals surface area (Å²) in [7, 11) is 0. The van der Waals surface area contributed by atoms with Crippen LogP contribution in [0.5, 0.6) is 0 Å². The van der Waals surface area contributed by atoms with E-state index in [1.807, 2.05) is 73.1 Å². The molecule has 280 valence electrons. The summed E-state index contributed by atoms with van der Waals surface area (Å²) in [6, 6.07) is 68.4. The quantitative estimate of drug-likeness (QED) is 0.169. The van der Waals surface area contributed by atoms with E-state index in [1.165, 1.54) is 32.7 Å². The third-order valence-electron chi connectivity index (χ3n) is 11.7. The molecule has 12 rings (SSSR count). The number of hydrogen-bond acceptors (Lipinski definition) is 4. The molecular formula is C54H34N6. The second-order valence-electron chi connectivity index (χ2n) is 15.1. The summed E-state index contributed by atoms with van der Waals surface area (Å²) in [5, 5.41) is 7.08. The lowest BCUT2D eigenvalue weighted by Gasteiger charge is -2.11. The number of pyridine rings is 1. The van der Waals surface area contributed by atoms with E-state index in [2.05, 4.69) is 148 Å². The summed E-state index contributed by atoms with van der Waals surface area (Å²) in [5.74, 6) is 1.85. The van der Waals surface area contributed by atoms with Gasteiger partial charge in [-0.15, -0.1) is 0 Å². The lowest BCUT2D eigenvalue weighted by atomic mass is 9.95. The zero-order chi connectivity index (χ0) is 39.6. The standard InChI is InChI=1S/C54H34N6/c1-4-13-35(14-5-1)52-56-53(36-15-6-2-7-16-36)58-54(57-52)60-47-21-11-10-19-44(47)46-33-40(27-28-48(46)60)38-23-24-39-32-41(26-25-37(39)31-38)43-20-12-22-49-51(43)45-29-30-55-34-50(45)59(49)42-17-8-3-9-18-42/h1-34H. The van der Waals surface area contributed by atoms with E-state index in [0.717, 1.165) is 60.8 Å². The van der Waals surface area contributed by atoms with Crippen LogP contribution >= 0.6 is 0 Å². The summed E-state index contributed by atoms with van der Waals surface area (Å²) in [4.78, 5) is 19.7. The molecule has 0 aliphatic carbocycles. The molecule has 0 spiro atoms. The van der Waals surface area contributed by atoms with Gasteiger partial charge in [0.15, 0.2) is 11.6 Å². The van der Waals surface area contributed by atoms with Crippen LogP contribution in [0, 0.1) is 0 Å². The van der Waals surface area contributed by atoms with E-state index >= 15 is 0 Å². The number of fused-ring (bicyclic) bond motifs is 7. The van der Waals surface area contributed by atoms with Gasteiger partial charge in [-0.3, -0.25) is 9.55 Å². The molecule has 0 atom stereocenters. The van der Waals surface area contributed by atoms with Crippen molar-refractivity contribution in [2.45, 2.75) is 0 Å². The molecule has 4 heterocycles. The Labute approximate surface area is 345 Å². The first-order chi connectivity index (χ1) is 29.7. The van der Waals surface area contributed by atoms with E-state index in [9.17, 15) is 0 Å². The van der Waals surface area contributed by atoms with Crippen molar-refractivity contribution in [2.75, 3.05) is 0 Å². The van der Waals surface area contributed by atoms with Gasteiger partial charge in [-0.05, 0) is 87.6 Å². The first-order valence-electron chi connectivity index (χ1n) is 20.1. The average molecular weight is 767 g/mol. The van der Waals surface area contributed by atoms with Crippen molar-refractivity contribution in [1.82, 2.24) is 29.1 Å². The molecule has 0 radical (unpaired) electrons. The van der Waals surface area contributed by atoms with Crippen LogP contribution in [0.3, 0.4) is 0 Å². The molecule has 0 unspecified atom stereocenters. The minimum Gasteiger partial charge on any atom is -0.308 e. The maximum Gasteiger partial charge on any atom is 0.238 e. The topological polar surface area (TPSA) is 61.4 Å². The van der Waals surface area contributed by atoms with Gasteiger partial charge in [0.25, 0.3) is 0 Å². The third kappa shape index (κ3) is 5.50. The number of benzene rings is 8. The van der Waals surface area contributed by atoms with Gasteiger partial charge in [0.1, 0.15) is 0 Å². The SMILES string of the molecule is c1ccc(-c2nc(-c3ccccc3)nc(-n3c4ccccc4c4cc(-c5ccc6cc(-c7cccc8c7c7ccncc7n8-c7ccccc7)ccc6c5)ccc43)n2)cc1. The highest BCUT2D eigenvalue weighted by Crippen LogP contribution is 2.40. The van der Waals surface area contributed by atoms with E-state index in [1.54, 1.807) is 0 Å². The van der Waals surface area contributed by atoms with Crippen molar-refractivity contribution in [3.8, 4) is 56.7 Å². The zero-order valence-corrected chi connectivity index (χ0v) is 32.3. The lowest BCUT2D eigenvalue weighted by molar-refractivity contribution is 0.953. The molecule has 0 aliphatic rings. The fourth-order valence-electron chi connectivity index (χ4n) is 8.87. The van der Waals surface area contributed by atoms with Crippen LogP contribution in [-0.4, -0.2) is 29.1 Å². The lowest BCUT2D eigenvalue weighted by Crippen LogP contribution is -2.06. The van der Waals surface area contributed by atoms with Crippen molar-refractivity contribution in [3.05, 3.63) is 207 Å². The summed E-state index contributed by atoms with van der Waals surface area (Å²) < 4.78 is 4.49. The van der Waals surface area contributed by atoms with Crippen LogP contribution in [-0.2, 0) is 0 Å². The minimum absolute atomic E-state index is 0.583. The molecule has 8 aromatic carbocycles. The predicted octanol–water partition coefficient (Wildman–Crippen LogP) is 13.3. The molecule has 0 fully saturated rings. The van der Waals surface area contributed by atoms with Crippen LogP contribution in [0.15, 0.2) is 207 Å². The molecule has 0 bridgehead atoms. The normalized spacial score (nSPS) is 11.7. The molecule has 60 heavy (non-hydrogen) atoms. The molecule has 0 N–H and O–H groups in total. The summed E-state index contributed by atoms with van der Waals surface area (Å²) in [6.45, 7) is 0.